The Labute approximate surface area is 161 Å². The van der Waals surface area contributed by atoms with E-state index < -0.39 is 6.04 Å². The Balaban J connectivity index is 1.40. The van der Waals surface area contributed by atoms with Crippen molar-refractivity contribution in [2.75, 3.05) is 11.1 Å². The van der Waals surface area contributed by atoms with E-state index in [0.29, 0.717) is 17.9 Å². The fourth-order valence-electron chi connectivity index (χ4n) is 3.92. The van der Waals surface area contributed by atoms with Gasteiger partial charge in [-0.1, -0.05) is 12.1 Å². The van der Waals surface area contributed by atoms with Crippen LogP contribution in [0.2, 0.25) is 0 Å². The van der Waals surface area contributed by atoms with Gasteiger partial charge in [0, 0.05) is 30.7 Å². The number of imide groups is 1. The lowest BCUT2D eigenvalue weighted by atomic mass is 10.1. The van der Waals surface area contributed by atoms with Gasteiger partial charge in [-0.25, -0.2) is 0 Å². The van der Waals surface area contributed by atoms with Crippen molar-refractivity contribution < 1.29 is 19.2 Å². The van der Waals surface area contributed by atoms with E-state index in [1.807, 2.05) is 6.92 Å². The summed E-state index contributed by atoms with van der Waals surface area (Å²) in [4.78, 5) is 51.0. The van der Waals surface area contributed by atoms with Crippen LogP contribution in [0.4, 0.5) is 5.69 Å². The number of hydrogen-bond donors (Lipinski definition) is 1. The molecule has 2 unspecified atom stereocenters. The molecule has 27 heavy (non-hydrogen) atoms. The monoisotopic (exact) mass is 387 g/mol. The molecule has 0 saturated carbocycles. The first-order chi connectivity index (χ1) is 12.9. The highest BCUT2D eigenvalue weighted by molar-refractivity contribution is 8.01. The molecule has 1 aromatic rings. The molecule has 3 aliphatic rings. The Bertz CT molecular complexity index is 809. The van der Waals surface area contributed by atoms with Gasteiger partial charge in [0.05, 0.1) is 11.4 Å². The Hall–Kier alpha value is -2.35. The SMILES string of the molecule is CC12CCC(=O)N1C(C(=O)Nc1ccc(CN3C(=O)CCC3=O)cc1)CS2. The summed E-state index contributed by atoms with van der Waals surface area (Å²) in [6.07, 6.45) is 1.83. The molecule has 3 fully saturated rings. The van der Waals surface area contributed by atoms with Crippen molar-refractivity contribution in [2.24, 2.45) is 0 Å². The topological polar surface area (TPSA) is 86.8 Å². The fourth-order valence-corrected chi connectivity index (χ4v) is 5.35. The van der Waals surface area contributed by atoms with Gasteiger partial charge in [-0.05, 0) is 31.0 Å². The summed E-state index contributed by atoms with van der Waals surface area (Å²) in [5.41, 5.74) is 1.46. The molecule has 0 bridgehead atoms. The maximum Gasteiger partial charge on any atom is 0.248 e. The van der Waals surface area contributed by atoms with Crippen molar-refractivity contribution in [2.45, 2.75) is 50.1 Å². The Morgan fingerprint density at radius 1 is 1.11 bits per heavy atom. The van der Waals surface area contributed by atoms with Crippen molar-refractivity contribution in [1.29, 1.82) is 0 Å². The third-order valence-electron chi connectivity index (χ3n) is 5.46. The summed E-state index contributed by atoms with van der Waals surface area (Å²) in [7, 11) is 0. The van der Waals surface area contributed by atoms with Crippen LogP contribution in [0.1, 0.15) is 38.2 Å². The first kappa shape index (κ1) is 18.0. The summed E-state index contributed by atoms with van der Waals surface area (Å²) in [6.45, 7) is 2.28. The average Bonchev–Trinajstić information content (AvgIpc) is 3.25. The van der Waals surface area contributed by atoms with E-state index in [1.165, 1.54) is 4.90 Å². The Morgan fingerprint density at radius 2 is 1.78 bits per heavy atom. The molecule has 1 N–H and O–H groups in total. The molecule has 7 nitrogen and oxygen atoms in total. The van der Waals surface area contributed by atoms with Crippen molar-refractivity contribution in [1.82, 2.24) is 9.80 Å². The van der Waals surface area contributed by atoms with Crippen LogP contribution in [0, 0.1) is 0 Å². The smallest absolute Gasteiger partial charge is 0.248 e. The number of anilines is 1. The van der Waals surface area contributed by atoms with Gasteiger partial charge in [0.1, 0.15) is 6.04 Å². The highest BCUT2D eigenvalue weighted by Crippen LogP contribution is 2.47. The molecule has 0 radical (unpaired) electrons. The molecular formula is C19H21N3O4S. The third-order valence-corrected chi connectivity index (χ3v) is 6.97. The van der Waals surface area contributed by atoms with E-state index in [0.717, 1.165) is 12.0 Å². The summed E-state index contributed by atoms with van der Waals surface area (Å²) in [5, 5.41) is 2.88. The lowest BCUT2D eigenvalue weighted by Crippen LogP contribution is -2.48. The fraction of sp³-hybridized carbons (Fsp3) is 0.474. The van der Waals surface area contributed by atoms with Crippen LogP contribution in [0.15, 0.2) is 24.3 Å². The van der Waals surface area contributed by atoms with Gasteiger partial charge in [0.15, 0.2) is 0 Å². The highest BCUT2D eigenvalue weighted by atomic mass is 32.2. The number of hydrogen-bond acceptors (Lipinski definition) is 5. The van der Waals surface area contributed by atoms with E-state index in [4.69, 9.17) is 0 Å². The van der Waals surface area contributed by atoms with Crippen LogP contribution in [-0.2, 0) is 25.7 Å². The van der Waals surface area contributed by atoms with Crippen LogP contribution in [0.25, 0.3) is 0 Å². The molecule has 3 saturated heterocycles. The molecule has 0 aliphatic carbocycles. The van der Waals surface area contributed by atoms with Gasteiger partial charge in [0.2, 0.25) is 23.6 Å². The lowest BCUT2D eigenvalue weighted by molar-refractivity contribution is -0.139. The summed E-state index contributed by atoms with van der Waals surface area (Å²) < 4.78 is 0. The van der Waals surface area contributed by atoms with E-state index in [-0.39, 0.29) is 47.9 Å². The number of carbonyl (C=O) groups excluding carboxylic acids is 4. The van der Waals surface area contributed by atoms with Crippen molar-refractivity contribution in [3.8, 4) is 0 Å². The first-order valence-electron chi connectivity index (χ1n) is 9.06. The van der Waals surface area contributed by atoms with Crippen molar-refractivity contribution in [3.05, 3.63) is 29.8 Å². The number of likely N-dealkylation sites (tertiary alicyclic amines) is 1. The second kappa shape index (κ2) is 6.67. The zero-order valence-electron chi connectivity index (χ0n) is 15.1. The third kappa shape index (κ3) is 3.22. The van der Waals surface area contributed by atoms with Crippen LogP contribution in [0.3, 0.4) is 0 Å². The van der Waals surface area contributed by atoms with Crippen LogP contribution < -0.4 is 5.32 Å². The number of thioether (sulfide) groups is 1. The predicted molar refractivity (Wildman–Crippen MR) is 101 cm³/mol. The Kier molecular flexibility index (Phi) is 4.46. The number of fused-ring (bicyclic) bond motifs is 1. The summed E-state index contributed by atoms with van der Waals surface area (Å²) in [5.74, 6) is 0.173. The van der Waals surface area contributed by atoms with Gasteiger partial charge >= 0.3 is 0 Å². The predicted octanol–water partition coefficient (Wildman–Crippen LogP) is 1.73. The van der Waals surface area contributed by atoms with Crippen LogP contribution in [0.5, 0.6) is 0 Å². The number of benzene rings is 1. The molecule has 4 rings (SSSR count). The number of nitrogens with one attached hydrogen (secondary N) is 1. The molecule has 2 atom stereocenters. The molecular weight excluding hydrogens is 366 g/mol. The molecule has 3 heterocycles. The number of carbonyl (C=O) groups is 4. The largest absolute Gasteiger partial charge is 0.324 e. The average molecular weight is 387 g/mol. The minimum absolute atomic E-state index is 0.0398. The van der Waals surface area contributed by atoms with E-state index in [9.17, 15) is 19.2 Å². The van der Waals surface area contributed by atoms with Gasteiger partial charge in [0.25, 0.3) is 0 Å². The number of nitrogens with zero attached hydrogens (tertiary/aromatic N) is 2. The Morgan fingerprint density at radius 3 is 2.44 bits per heavy atom. The first-order valence-corrected chi connectivity index (χ1v) is 10.0. The quantitative estimate of drug-likeness (QED) is 0.795. The van der Waals surface area contributed by atoms with E-state index >= 15 is 0 Å². The van der Waals surface area contributed by atoms with Gasteiger partial charge in [-0.15, -0.1) is 11.8 Å². The minimum atomic E-state index is -0.450. The van der Waals surface area contributed by atoms with Gasteiger partial charge in [-0.3, -0.25) is 24.1 Å². The van der Waals surface area contributed by atoms with Gasteiger partial charge < -0.3 is 10.2 Å². The minimum Gasteiger partial charge on any atom is -0.324 e. The summed E-state index contributed by atoms with van der Waals surface area (Å²) in [6, 6.07) is 6.65. The van der Waals surface area contributed by atoms with Crippen LogP contribution in [-0.4, -0.2) is 50.1 Å². The van der Waals surface area contributed by atoms with Crippen LogP contribution >= 0.6 is 11.8 Å². The van der Waals surface area contributed by atoms with E-state index in [1.54, 1.807) is 40.9 Å². The standard InChI is InChI=1S/C19H21N3O4S/c1-19-9-8-17(25)22(19)14(11-27-19)18(26)20-13-4-2-12(3-5-13)10-21-15(23)6-7-16(21)24/h2-5,14H,6-11H2,1H3,(H,20,26). The second-order valence-corrected chi connectivity index (χ2v) is 8.83. The second-order valence-electron chi connectivity index (χ2n) is 7.33. The molecule has 0 spiro atoms. The molecule has 4 amide bonds. The van der Waals surface area contributed by atoms with E-state index in [2.05, 4.69) is 5.32 Å². The van der Waals surface area contributed by atoms with Gasteiger partial charge in [-0.2, -0.15) is 0 Å². The van der Waals surface area contributed by atoms with Crippen molar-refractivity contribution in [3.63, 3.8) is 0 Å². The zero-order chi connectivity index (χ0) is 19.2. The normalized spacial score (nSPS) is 27.4. The lowest BCUT2D eigenvalue weighted by Gasteiger charge is -2.29. The summed E-state index contributed by atoms with van der Waals surface area (Å²) >= 11 is 1.66. The highest BCUT2D eigenvalue weighted by Gasteiger charge is 2.52. The zero-order valence-corrected chi connectivity index (χ0v) is 15.9. The maximum atomic E-state index is 12.7. The molecule has 142 valence electrons. The molecule has 1 aromatic carbocycles. The number of amides is 4. The molecule has 0 aromatic heterocycles. The maximum absolute atomic E-state index is 12.7. The van der Waals surface area contributed by atoms with Crippen molar-refractivity contribution >= 4 is 41.1 Å². The molecule has 8 heteroatoms. The molecule has 3 aliphatic heterocycles. The number of rotatable bonds is 4.